The van der Waals surface area contributed by atoms with E-state index in [4.69, 9.17) is 4.74 Å². The Kier molecular flexibility index (Phi) is 9.90. The zero-order valence-electron chi connectivity index (χ0n) is 21.4. The van der Waals surface area contributed by atoms with Gasteiger partial charge in [0, 0.05) is 50.7 Å². The lowest BCUT2D eigenvalue weighted by Gasteiger charge is -2.32. The minimum Gasteiger partial charge on any atom is -0.507 e. The highest BCUT2D eigenvalue weighted by Crippen LogP contribution is 2.25. The third-order valence-electron chi connectivity index (χ3n) is 7.08. The second kappa shape index (κ2) is 13.3. The number of carbonyl (C=O) groups excluding carboxylic acids is 1. The lowest BCUT2D eigenvalue weighted by Crippen LogP contribution is -2.45. The first-order valence-electron chi connectivity index (χ1n) is 13.1. The Balaban J connectivity index is 1.13. The quantitative estimate of drug-likeness (QED) is 0.349. The number of nitrogens with zero attached hydrogens (tertiary/aromatic N) is 2. The predicted octanol–water partition coefficient (Wildman–Crippen LogP) is 2.19. The van der Waals surface area contributed by atoms with Gasteiger partial charge in [0.25, 0.3) is 5.91 Å². The van der Waals surface area contributed by atoms with E-state index in [9.17, 15) is 19.2 Å². The number of hydrogen-bond donors (Lipinski definition) is 4. The number of aromatic hydroxyl groups is 1. The maximum atomic E-state index is 12.4. The van der Waals surface area contributed by atoms with E-state index in [1.165, 1.54) is 31.2 Å². The predicted molar refractivity (Wildman–Crippen MR) is 142 cm³/mol. The molecule has 2 atom stereocenters. The van der Waals surface area contributed by atoms with Crippen LogP contribution in [0.5, 0.6) is 11.5 Å². The summed E-state index contributed by atoms with van der Waals surface area (Å²) < 4.78 is 17.3. The minimum atomic E-state index is -1.32. The summed E-state index contributed by atoms with van der Waals surface area (Å²) in [6.07, 6.45) is 8.95. The van der Waals surface area contributed by atoms with Crippen LogP contribution in [0.25, 0.3) is 0 Å². The monoisotopic (exact) mass is 530 g/mol. The molecule has 37 heavy (non-hydrogen) atoms. The van der Waals surface area contributed by atoms with Crippen molar-refractivity contribution in [3.05, 3.63) is 47.8 Å². The van der Waals surface area contributed by atoms with E-state index in [-0.39, 0.29) is 18.3 Å². The van der Waals surface area contributed by atoms with Gasteiger partial charge in [-0.3, -0.25) is 18.9 Å². The summed E-state index contributed by atoms with van der Waals surface area (Å²) in [5.74, 6) is 0.401. The largest absolute Gasteiger partial charge is 0.507 e. The third-order valence-corrected chi connectivity index (χ3v) is 8.02. The number of rotatable bonds is 11. The van der Waals surface area contributed by atoms with Gasteiger partial charge < -0.3 is 25.6 Å². The summed E-state index contributed by atoms with van der Waals surface area (Å²) in [6.45, 7) is 3.14. The molecule has 1 saturated heterocycles. The van der Waals surface area contributed by atoms with E-state index in [2.05, 4.69) is 20.5 Å². The molecule has 4 N–H and O–H groups in total. The summed E-state index contributed by atoms with van der Waals surface area (Å²) in [5.41, 5.74) is 1.58. The summed E-state index contributed by atoms with van der Waals surface area (Å²) in [6, 6.07) is 9.01. The SMILES string of the molecule is CS(=O)c1cc(OCC(O)CNC2CCN(Cc3ccc(C(=O)NC4CCCC4)cn3)CC2)ccc1O. The van der Waals surface area contributed by atoms with Crippen LogP contribution in [-0.4, -0.2) is 80.9 Å². The van der Waals surface area contributed by atoms with Crippen molar-refractivity contribution in [1.29, 1.82) is 0 Å². The Labute approximate surface area is 221 Å². The Morgan fingerprint density at radius 2 is 1.92 bits per heavy atom. The molecular formula is C27H38N4O5S. The molecule has 2 heterocycles. The van der Waals surface area contributed by atoms with Crippen molar-refractivity contribution in [2.75, 3.05) is 32.5 Å². The van der Waals surface area contributed by atoms with E-state index in [0.29, 0.717) is 34.8 Å². The van der Waals surface area contributed by atoms with Crippen molar-refractivity contribution in [3.63, 3.8) is 0 Å². The molecule has 2 aliphatic rings. The Bertz CT molecular complexity index is 1050. The zero-order chi connectivity index (χ0) is 26.2. The van der Waals surface area contributed by atoms with Gasteiger partial charge in [-0.25, -0.2) is 0 Å². The summed E-state index contributed by atoms with van der Waals surface area (Å²) >= 11 is 0. The van der Waals surface area contributed by atoms with E-state index >= 15 is 0 Å². The van der Waals surface area contributed by atoms with E-state index < -0.39 is 16.9 Å². The van der Waals surface area contributed by atoms with Crippen LogP contribution in [0.2, 0.25) is 0 Å². The summed E-state index contributed by atoms with van der Waals surface area (Å²) in [5, 5.41) is 26.6. The number of aliphatic hydroxyl groups is 1. The molecule has 10 heteroatoms. The van der Waals surface area contributed by atoms with E-state index in [1.54, 1.807) is 12.3 Å². The molecule has 0 spiro atoms. The first-order valence-corrected chi connectivity index (χ1v) is 14.6. The lowest BCUT2D eigenvalue weighted by molar-refractivity contribution is 0.0937. The smallest absolute Gasteiger partial charge is 0.253 e. The van der Waals surface area contributed by atoms with Crippen molar-refractivity contribution in [1.82, 2.24) is 20.5 Å². The van der Waals surface area contributed by atoms with Crippen molar-refractivity contribution >= 4 is 16.7 Å². The van der Waals surface area contributed by atoms with Gasteiger partial charge in [0.15, 0.2) is 0 Å². The van der Waals surface area contributed by atoms with Crippen LogP contribution in [-0.2, 0) is 17.3 Å². The van der Waals surface area contributed by atoms with Gasteiger partial charge in [-0.15, -0.1) is 0 Å². The Morgan fingerprint density at radius 1 is 1.16 bits per heavy atom. The molecule has 1 aromatic carbocycles. The average Bonchev–Trinajstić information content (AvgIpc) is 3.41. The molecule has 1 amide bonds. The zero-order valence-corrected chi connectivity index (χ0v) is 22.2. The number of likely N-dealkylation sites (tertiary alicyclic amines) is 1. The van der Waals surface area contributed by atoms with Crippen molar-refractivity contribution in [3.8, 4) is 11.5 Å². The molecule has 1 aliphatic carbocycles. The third kappa shape index (κ3) is 8.23. The number of phenolic OH excluding ortho intramolecular Hbond substituents is 1. The second-order valence-electron chi connectivity index (χ2n) is 10.0. The number of benzene rings is 1. The molecule has 2 unspecified atom stereocenters. The Morgan fingerprint density at radius 3 is 2.59 bits per heavy atom. The van der Waals surface area contributed by atoms with Gasteiger partial charge in [-0.1, -0.05) is 12.8 Å². The highest BCUT2D eigenvalue weighted by atomic mass is 32.2. The fourth-order valence-electron chi connectivity index (χ4n) is 4.88. The maximum absolute atomic E-state index is 12.4. The Hall–Kier alpha value is -2.53. The summed E-state index contributed by atoms with van der Waals surface area (Å²) in [7, 11) is -1.32. The molecule has 4 rings (SSSR count). The first-order chi connectivity index (χ1) is 17.9. The van der Waals surface area contributed by atoms with Crippen molar-refractivity contribution < 1.29 is 24.0 Å². The molecule has 1 aliphatic heterocycles. The number of ether oxygens (including phenoxy) is 1. The molecule has 202 valence electrons. The van der Waals surface area contributed by atoms with Crippen LogP contribution >= 0.6 is 0 Å². The fourth-order valence-corrected chi connectivity index (χ4v) is 5.53. The van der Waals surface area contributed by atoms with Gasteiger partial charge in [-0.05, 0) is 56.0 Å². The molecule has 2 aromatic rings. The number of piperidine rings is 1. The maximum Gasteiger partial charge on any atom is 0.253 e. The van der Waals surface area contributed by atoms with Crippen LogP contribution < -0.4 is 15.4 Å². The first kappa shape index (κ1) is 27.5. The normalized spacial score (nSPS) is 19.0. The van der Waals surface area contributed by atoms with Gasteiger partial charge in [0.05, 0.1) is 27.0 Å². The van der Waals surface area contributed by atoms with Crippen LogP contribution in [0, 0.1) is 0 Å². The second-order valence-corrected chi connectivity index (χ2v) is 11.3. The van der Waals surface area contributed by atoms with Crippen LogP contribution in [0.1, 0.15) is 54.6 Å². The number of amides is 1. The minimum absolute atomic E-state index is 0.0310. The van der Waals surface area contributed by atoms with Crippen LogP contribution in [0.3, 0.4) is 0 Å². The molecular weight excluding hydrogens is 492 g/mol. The number of aliphatic hydroxyl groups excluding tert-OH is 1. The highest BCUT2D eigenvalue weighted by molar-refractivity contribution is 7.84. The molecule has 0 radical (unpaired) electrons. The van der Waals surface area contributed by atoms with Gasteiger partial charge in [-0.2, -0.15) is 0 Å². The van der Waals surface area contributed by atoms with Crippen molar-refractivity contribution in [2.24, 2.45) is 0 Å². The van der Waals surface area contributed by atoms with Crippen LogP contribution in [0.15, 0.2) is 41.4 Å². The standard InChI is InChI=1S/C27H38N4O5S/c1-37(35)26-14-24(8-9-25(26)33)36-18-23(32)16-29-20-10-12-31(13-11-20)17-22-7-6-19(15-28-22)27(34)30-21-4-2-3-5-21/h6-9,14-15,20-21,23,29,32-33H,2-5,10-13,16-18H2,1H3,(H,30,34). The lowest BCUT2D eigenvalue weighted by atomic mass is 10.0. The fraction of sp³-hybridized carbons (Fsp3) is 0.556. The van der Waals surface area contributed by atoms with Gasteiger partial charge >= 0.3 is 0 Å². The number of pyridine rings is 1. The summed E-state index contributed by atoms with van der Waals surface area (Å²) in [4.78, 5) is 19.6. The molecule has 0 bridgehead atoms. The van der Waals surface area contributed by atoms with Crippen LogP contribution in [0.4, 0.5) is 0 Å². The number of carbonyl (C=O) groups is 1. The van der Waals surface area contributed by atoms with E-state index in [1.807, 2.05) is 12.1 Å². The van der Waals surface area contributed by atoms with Gasteiger partial charge in [0.2, 0.25) is 0 Å². The molecule has 9 nitrogen and oxygen atoms in total. The van der Waals surface area contributed by atoms with Crippen molar-refractivity contribution in [2.45, 2.75) is 68.2 Å². The molecule has 2 fully saturated rings. The molecule has 1 saturated carbocycles. The topological polar surface area (TPSA) is 124 Å². The number of nitrogens with one attached hydrogen (secondary N) is 2. The highest BCUT2D eigenvalue weighted by Gasteiger charge is 2.21. The van der Waals surface area contributed by atoms with E-state index in [0.717, 1.165) is 51.0 Å². The number of phenols is 1. The molecule has 1 aromatic heterocycles. The van der Waals surface area contributed by atoms with Gasteiger partial charge in [0.1, 0.15) is 24.2 Å². The average molecular weight is 531 g/mol. The number of aromatic nitrogens is 1. The number of hydrogen-bond acceptors (Lipinski definition) is 8.